The lowest BCUT2D eigenvalue weighted by Gasteiger charge is -2.30. The first kappa shape index (κ1) is 21.1. The van der Waals surface area contributed by atoms with Crippen LogP contribution in [0.15, 0.2) is 36.4 Å². The summed E-state index contributed by atoms with van der Waals surface area (Å²) >= 11 is 0. The third kappa shape index (κ3) is 4.62. The normalized spacial score (nSPS) is 17.3. The fraction of sp³-hybridized carbons (Fsp3) is 0.478. The molecule has 0 bridgehead atoms. The van der Waals surface area contributed by atoms with Gasteiger partial charge in [-0.3, -0.25) is 19.1 Å². The number of hydrogen-bond donors (Lipinski definition) is 1. The molecular weight excluding hydrogens is 394 g/mol. The molecule has 0 radical (unpaired) electrons. The summed E-state index contributed by atoms with van der Waals surface area (Å²) in [6, 6.07) is 11.5. The molecule has 0 spiro atoms. The monoisotopic (exact) mass is 423 g/mol. The molecule has 4 rings (SSSR count). The molecule has 8 nitrogen and oxygen atoms in total. The van der Waals surface area contributed by atoms with Crippen molar-refractivity contribution in [2.75, 3.05) is 26.2 Å². The predicted molar refractivity (Wildman–Crippen MR) is 115 cm³/mol. The number of benzene rings is 1. The van der Waals surface area contributed by atoms with E-state index in [1.54, 1.807) is 15.6 Å². The van der Waals surface area contributed by atoms with Crippen LogP contribution in [0.3, 0.4) is 0 Å². The Morgan fingerprint density at radius 2 is 1.84 bits per heavy atom. The molecule has 0 unspecified atom stereocenters. The number of fused-ring (bicyclic) bond motifs is 1. The standard InChI is InChI=1S/C23H29N5O3/c1-2-24-21(29)18-9-13-26(14-10-18)22(30)19-15-20-23(31)27(11-6-12-28(20)25-19)16-17-7-4-3-5-8-17/h3-5,7-8,15,18H,2,6,9-14,16H2,1H3,(H,24,29). The Morgan fingerprint density at radius 3 is 2.55 bits per heavy atom. The average molecular weight is 424 g/mol. The Labute approximate surface area is 182 Å². The molecule has 1 aromatic carbocycles. The highest BCUT2D eigenvalue weighted by atomic mass is 16.2. The summed E-state index contributed by atoms with van der Waals surface area (Å²) in [5.74, 6) is -0.247. The maximum Gasteiger partial charge on any atom is 0.274 e. The highest BCUT2D eigenvalue weighted by Gasteiger charge is 2.31. The van der Waals surface area contributed by atoms with Crippen molar-refractivity contribution >= 4 is 17.7 Å². The van der Waals surface area contributed by atoms with E-state index < -0.39 is 0 Å². The summed E-state index contributed by atoms with van der Waals surface area (Å²) in [7, 11) is 0. The zero-order valence-corrected chi connectivity index (χ0v) is 17.9. The Bertz CT molecular complexity index is 947. The number of nitrogens with zero attached hydrogens (tertiary/aromatic N) is 4. The van der Waals surface area contributed by atoms with Crippen LogP contribution in [0.2, 0.25) is 0 Å². The second-order valence-electron chi connectivity index (χ2n) is 8.16. The fourth-order valence-corrected chi connectivity index (χ4v) is 4.32. The molecule has 1 N–H and O–H groups in total. The second kappa shape index (κ2) is 9.32. The van der Waals surface area contributed by atoms with E-state index in [2.05, 4.69) is 10.4 Å². The number of nitrogens with one attached hydrogen (secondary N) is 1. The molecule has 0 saturated carbocycles. The van der Waals surface area contributed by atoms with Crippen LogP contribution in [0, 0.1) is 5.92 Å². The van der Waals surface area contributed by atoms with Gasteiger partial charge in [0.2, 0.25) is 5.91 Å². The van der Waals surface area contributed by atoms with E-state index in [9.17, 15) is 14.4 Å². The SMILES string of the molecule is CCNC(=O)C1CCN(C(=O)c2cc3n(n2)CCCN(Cc2ccccc2)C3=O)CC1. The summed E-state index contributed by atoms with van der Waals surface area (Å²) in [4.78, 5) is 41.7. The Kier molecular flexibility index (Phi) is 6.34. The number of aryl methyl sites for hydroxylation is 1. The topological polar surface area (TPSA) is 87.5 Å². The lowest BCUT2D eigenvalue weighted by atomic mass is 9.95. The molecule has 8 heteroatoms. The van der Waals surface area contributed by atoms with Gasteiger partial charge >= 0.3 is 0 Å². The Hall–Kier alpha value is -3.16. The van der Waals surface area contributed by atoms with Gasteiger partial charge in [0.15, 0.2) is 5.69 Å². The first-order valence-electron chi connectivity index (χ1n) is 11.0. The van der Waals surface area contributed by atoms with Crippen LogP contribution < -0.4 is 5.32 Å². The molecule has 2 aromatic rings. The van der Waals surface area contributed by atoms with Gasteiger partial charge in [0.1, 0.15) is 5.69 Å². The minimum atomic E-state index is -0.169. The van der Waals surface area contributed by atoms with Crippen molar-refractivity contribution in [3.05, 3.63) is 53.3 Å². The van der Waals surface area contributed by atoms with Crippen LogP contribution >= 0.6 is 0 Å². The van der Waals surface area contributed by atoms with E-state index >= 15 is 0 Å². The second-order valence-corrected chi connectivity index (χ2v) is 8.16. The predicted octanol–water partition coefficient (Wildman–Crippen LogP) is 1.92. The Balaban J connectivity index is 1.43. The number of carbonyl (C=O) groups is 3. The van der Waals surface area contributed by atoms with Crippen molar-refractivity contribution < 1.29 is 14.4 Å². The number of hydrogen-bond acceptors (Lipinski definition) is 4. The van der Waals surface area contributed by atoms with Crippen molar-refractivity contribution in [1.29, 1.82) is 0 Å². The van der Waals surface area contributed by atoms with E-state index in [0.717, 1.165) is 12.0 Å². The lowest BCUT2D eigenvalue weighted by Crippen LogP contribution is -2.43. The molecule has 1 fully saturated rings. The maximum atomic E-state index is 13.1. The molecule has 31 heavy (non-hydrogen) atoms. The van der Waals surface area contributed by atoms with E-state index in [0.29, 0.717) is 63.5 Å². The van der Waals surface area contributed by atoms with Gasteiger partial charge in [-0.05, 0) is 31.7 Å². The number of aromatic nitrogens is 2. The van der Waals surface area contributed by atoms with Crippen LogP contribution in [0.1, 0.15) is 52.7 Å². The van der Waals surface area contributed by atoms with Crippen LogP contribution in [0.25, 0.3) is 0 Å². The molecular formula is C23H29N5O3. The quantitative estimate of drug-likeness (QED) is 0.796. The van der Waals surface area contributed by atoms with Gasteiger partial charge in [-0.25, -0.2) is 0 Å². The molecule has 164 valence electrons. The first-order valence-corrected chi connectivity index (χ1v) is 11.0. The molecule has 0 aliphatic carbocycles. The van der Waals surface area contributed by atoms with Gasteiger partial charge in [0.25, 0.3) is 11.8 Å². The molecule has 2 aliphatic rings. The van der Waals surface area contributed by atoms with Gasteiger partial charge in [-0.15, -0.1) is 0 Å². The molecule has 3 amide bonds. The summed E-state index contributed by atoms with van der Waals surface area (Å²) in [6.07, 6.45) is 2.09. The van der Waals surface area contributed by atoms with Gasteiger partial charge in [-0.1, -0.05) is 30.3 Å². The van der Waals surface area contributed by atoms with Crippen molar-refractivity contribution in [3.8, 4) is 0 Å². The minimum Gasteiger partial charge on any atom is -0.356 e. The average Bonchev–Trinajstić information content (AvgIpc) is 3.17. The largest absolute Gasteiger partial charge is 0.356 e. The van der Waals surface area contributed by atoms with Gasteiger partial charge < -0.3 is 15.1 Å². The summed E-state index contributed by atoms with van der Waals surface area (Å²) < 4.78 is 1.67. The highest BCUT2D eigenvalue weighted by molar-refractivity contribution is 5.98. The summed E-state index contributed by atoms with van der Waals surface area (Å²) in [5.41, 5.74) is 1.85. The van der Waals surface area contributed by atoms with Crippen molar-refractivity contribution in [1.82, 2.24) is 24.9 Å². The molecule has 1 aromatic heterocycles. The van der Waals surface area contributed by atoms with Crippen LogP contribution in [0.5, 0.6) is 0 Å². The van der Waals surface area contributed by atoms with Crippen molar-refractivity contribution in [2.24, 2.45) is 5.92 Å². The minimum absolute atomic E-state index is 0.0455. The van der Waals surface area contributed by atoms with Gasteiger partial charge in [0, 0.05) is 51.3 Å². The molecule has 2 aliphatic heterocycles. The highest BCUT2D eigenvalue weighted by Crippen LogP contribution is 2.21. The van der Waals surface area contributed by atoms with Gasteiger partial charge in [-0.2, -0.15) is 5.10 Å². The molecule has 3 heterocycles. The van der Waals surface area contributed by atoms with E-state index in [-0.39, 0.29) is 23.6 Å². The third-order valence-electron chi connectivity index (χ3n) is 6.02. The number of rotatable bonds is 5. The first-order chi connectivity index (χ1) is 15.1. The van der Waals surface area contributed by atoms with Crippen LogP contribution in [-0.4, -0.2) is 63.5 Å². The van der Waals surface area contributed by atoms with Crippen LogP contribution in [-0.2, 0) is 17.9 Å². The maximum absolute atomic E-state index is 13.1. The number of likely N-dealkylation sites (tertiary alicyclic amines) is 1. The van der Waals surface area contributed by atoms with E-state index in [1.807, 2.05) is 42.2 Å². The summed E-state index contributed by atoms with van der Waals surface area (Å²) in [5, 5.41) is 7.32. The van der Waals surface area contributed by atoms with Gasteiger partial charge in [0.05, 0.1) is 0 Å². The number of amides is 3. The smallest absolute Gasteiger partial charge is 0.274 e. The molecule has 0 atom stereocenters. The molecule has 1 saturated heterocycles. The van der Waals surface area contributed by atoms with Crippen molar-refractivity contribution in [2.45, 2.75) is 39.3 Å². The Morgan fingerprint density at radius 1 is 1.10 bits per heavy atom. The van der Waals surface area contributed by atoms with Crippen molar-refractivity contribution in [3.63, 3.8) is 0 Å². The third-order valence-corrected chi connectivity index (χ3v) is 6.02. The fourth-order valence-electron chi connectivity index (χ4n) is 4.32. The zero-order chi connectivity index (χ0) is 21.8. The number of piperidine rings is 1. The lowest BCUT2D eigenvalue weighted by molar-refractivity contribution is -0.126. The number of carbonyl (C=O) groups excluding carboxylic acids is 3. The van der Waals surface area contributed by atoms with E-state index in [4.69, 9.17) is 0 Å². The van der Waals surface area contributed by atoms with Crippen LogP contribution in [0.4, 0.5) is 0 Å². The zero-order valence-electron chi connectivity index (χ0n) is 17.9. The van der Waals surface area contributed by atoms with E-state index in [1.165, 1.54) is 0 Å². The summed E-state index contributed by atoms with van der Waals surface area (Å²) in [6.45, 7) is 5.39.